The van der Waals surface area contributed by atoms with Crippen LogP contribution in [0.2, 0.25) is 0 Å². The molecule has 85 heavy (non-hydrogen) atoms. The number of hydrogen-bond acceptors (Lipinski definition) is 18. The SMILES string of the molecule is CC1(C)/C(=C/C=C/C=C/C2=C(CC(=O)ON3C(=O)CCC3=O)[C@@H]2C(C)(C)c2cc3c(cc2N)C(C)(C)c2cc(S(=O)(=O)O)cc(S(=O)(=O)O)c2-3)N(CC(=O)ON2C(=O)CCC2=O)c2cc3c(cc21)-c1c(cc(S(=O)(=O)O)cc1S(=O)(=O)O)C3(C)C. The van der Waals surface area contributed by atoms with Crippen LogP contribution in [0.5, 0.6) is 0 Å². The average Bonchev–Trinajstić information content (AvgIpc) is 1.56. The van der Waals surface area contributed by atoms with E-state index in [1.165, 1.54) is 0 Å². The summed E-state index contributed by atoms with van der Waals surface area (Å²) >= 11 is 0. The summed E-state index contributed by atoms with van der Waals surface area (Å²) in [6, 6.07) is 10.1. The molecule has 28 heteroatoms. The van der Waals surface area contributed by atoms with Gasteiger partial charge in [-0.3, -0.25) is 37.4 Å². The zero-order valence-corrected chi connectivity index (χ0v) is 50.0. The zero-order chi connectivity index (χ0) is 62.6. The Balaban J connectivity index is 1.03. The number of carbonyl (C=O) groups excluding carboxylic acids is 6. The monoisotopic (exact) mass is 1240 g/mol. The Morgan fingerprint density at radius 3 is 1.52 bits per heavy atom. The topological polar surface area (TPSA) is 374 Å². The number of nitrogens with zero attached hydrogens (tertiary/aromatic N) is 3. The van der Waals surface area contributed by atoms with Gasteiger partial charge in [0.15, 0.2) is 0 Å². The smallest absolute Gasteiger partial charge is 0.352 e. The summed E-state index contributed by atoms with van der Waals surface area (Å²) in [6.45, 7) is 13.3. The van der Waals surface area contributed by atoms with Crippen LogP contribution in [0.4, 0.5) is 11.4 Å². The highest BCUT2D eigenvalue weighted by Gasteiger charge is 2.51. The van der Waals surface area contributed by atoms with Crippen molar-refractivity contribution in [2.75, 3.05) is 17.2 Å². The second-order valence-electron chi connectivity index (χ2n) is 23.6. The van der Waals surface area contributed by atoms with Gasteiger partial charge in [0.1, 0.15) is 16.3 Å². The molecule has 0 radical (unpaired) electrons. The number of imide groups is 2. The molecule has 0 bridgehead atoms. The molecule has 3 heterocycles. The van der Waals surface area contributed by atoms with Crippen LogP contribution >= 0.6 is 0 Å². The van der Waals surface area contributed by atoms with Crippen LogP contribution in [0.1, 0.15) is 121 Å². The van der Waals surface area contributed by atoms with E-state index in [-0.39, 0.29) is 64.8 Å². The van der Waals surface area contributed by atoms with Gasteiger partial charge in [0, 0.05) is 81.5 Å². The van der Waals surface area contributed by atoms with Crippen molar-refractivity contribution in [3.8, 4) is 22.3 Å². The van der Waals surface area contributed by atoms with Crippen LogP contribution in [0, 0.1) is 5.92 Å². The fourth-order valence-electron chi connectivity index (χ4n) is 12.6. The number of hydroxylamine groups is 4. The predicted octanol–water partition coefficient (Wildman–Crippen LogP) is 6.47. The number of carbonyl (C=O) groups is 6. The zero-order valence-electron chi connectivity index (χ0n) is 46.7. The van der Waals surface area contributed by atoms with E-state index in [0.29, 0.717) is 67.0 Å². The minimum absolute atomic E-state index is 0.0224. The van der Waals surface area contributed by atoms with E-state index in [9.17, 15) is 80.6 Å². The van der Waals surface area contributed by atoms with E-state index in [1.54, 1.807) is 115 Å². The molecule has 4 amide bonds. The van der Waals surface area contributed by atoms with Gasteiger partial charge in [-0.05, 0) is 110 Å². The summed E-state index contributed by atoms with van der Waals surface area (Å²) in [4.78, 5) is 86.4. The normalized spacial score (nSPS) is 20.0. The van der Waals surface area contributed by atoms with Crippen LogP contribution in [0.3, 0.4) is 0 Å². The van der Waals surface area contributed by atoms with Crippen molar-refractivity contribution in [1.29, 1.82) is 0 Å². The summed E-state index contributed by atoms with van der Waals surface area (Å²) in [5.74, 6) is -5.46. The first-order valence-corrected chi connectivity index (χ1v) is 32.0. The largest absolute Gasteiger partial charge is 0.398 e. The van der Waals surface area contributed by atoms with Gasteiger partial charge in [-0.25, -0.2) is 9.59 Å². The molecule has 3 aliphatic heterocycles. The average molecular weight is 1250 g/mol. The van der Waals surface area contributed by atoms with Gasteiger partial charge in [0.05, 0.1) is 16.2 Å². The Hall–Kier alpha value is -7.70. The number of fused-ring (bicyclic) bond motifs is 7. The number of rotatable bonds is 15. The lowest BCUT2D eigenvalue weighted by atomic mass is 9.74. The molecule has 3 aliphatic carbocycles. The maximum Gasteiger partial charge on any atom is 0.352 e. The highest BCUT2D eigenvalue weighted by molar-refractivity contribution is 7.87. The van der Waals surface area contributed by atoms with Gasteiger partial charge in [0.2, 0.25) is 0 Å². The molecule has 2 saturated heterocycles. The Bertz CT molecular complexity index is 4390. The van der Waals surface area contributed by atoms with Crippen molar-refractivity contribution in [3.05, 3.63) is 129 Å². The number of benzene rings is 4. The molecule has 6 aliphatic rings. The van der Waals surface area contributed by atoms with Crippen molar-refractivity contribution in [1.82, 2.24) is 10.1 Å². The maximum atomic E-state index is 13.8. The lowest BCUT2D eigenvalue weighted by Gasteiger charge is -2.30. The molecule has 4 aromatic carbocycles. The quantitative estimate of drug-likeness (QED) is 0.0368. The fourth-order valence-corrected chi connectivity index (χ4v) is 15.4. The third-order valence-corrected chi connectivity index (χ3v) is 20.3. The molecule has 24 nitrogen and oxygen atoms in total. The highest BCUT2D eigenvalue weighted by Crippen LogP contribution is 2.60. The molecule has 1 atom stereocenters. The lowest BCUT2D eigenvalue weighted by molar-refractivity contribution is -0.196. The molecule has 4 aromatic rings. The number of anilines is 2. The van der Waals surface area contributed by atoms with E-state index in [4.69, 9.17) is 15.4 Å². The minimum atomic E-state index is -5.14. The molecule has 448 valence electrons. The fraction of sp³-hybridized carbons (Fsp3) is 0.333. The second kappa shape index (κ2) is 19.7. The summed E-state index contributed by atoms with van der Waals surface area (Å²) in [6.07, 6.45) is 7.11. The Morgan fingerprint density at radius 1 is 0.588 bits per heavy atom. The molecular formula is C57H56N4O20S4. The molecule has 10 rings (SSSR count). The van der Waals surface area contributed by atoms with E-state index in [0.717, 1.165) is 12.1 Å². The number of allylic oxidation sites excluding steroid dienone is 7. The first-order valence-electron chi connectivity index (χ1n) is 26.2. The number of nitrogens with two attached hydrogens (primary N) is 1. The predicted molar refractivity (Wildman–Crippen MR) is 301 cm³/mol. The highest BCUT2D eigenvalue weighted by atomic mass is 32.2. The first-order chi connectivity index (χ1) is 39.1. The van der Waals surface area contributed by atoms with E-state index >= 15 is 0 Å². The van der Waals surface area contributed by atoms with Gasteiger partial charge in [-0.2, -0.15) is 33.7 Å². The maximum absolute atomic E-state index is 13.8. The molecule has 0 spiro atoms. The van der Waals surface area contributed by atoms with Crippen molar-refractivity contribution in [2.45, 2.75) is 129 Å². The van der Waals surface area contributed by atoms with E-state index in [2.05, 4.69) is 0 Å². The standard InChI is InChI=1S/C57H56N4O20S4/c1-54(2)34-25-40(58)36(22-32(34)51-38(54)18-28(82(68,69)70)20-42(51)84(74,75)76)57(7,8)53-30(31(53)24-49(66)80-60-45(62)14-15-46(60)63)12-10-9-11-13-44-56(5,6)37-23-33-35(26-41(37)59(44)27-50(67)81-61-47(64)16-17-48(61)65)55(3,4)39-19-29(83(71,72)73)21-43(52(33)39)85(77,78)79/h9-13,18-23,25-26,53H,14-17,24,27,58H2,1-8H3,(H,68,69,70)(H,71,72,73)(H,74,75,76)(H,77,78,79)/b11-9+,12-10+,44-13-/t53-/m1/s1. The molecule has 6 N–H and O–H groups in total. The Labute approximate surface area is 488 Å². The van der Waals surface area contributed by atoms with Gasteiger partial charge in [-0.1, -0.05) is 79.7 Å². The van der Waals surface area contributed by atoms with Crippen molar-refractivity contribution in [2.24, 2.45) is 5.92 Å². The van der Waals surface area contributed by atoms with E-state index in [1.807, 2.05) is 0 Å². The van der Waals surface area contributed by atoms with Crippen LogP contribution in [0.25, 0.3) is 22.3 Å². The van der Waals surface area contributed by atoms with Gasteiger partial charge < -0.3 is 20.3 Å². The lowest BCUT2D eigenvalue weighted by Crippen LogP contribution is -2.38. The number of nitrogen functional groups attached to an aromatic ring is 1. The van der Waals surface area contributed by atoms with Crippen molar-refractivity contribution >= 4 is 87.4 Å². The summed E-state index contributed by atoms with van der Waals surface area (Å²) < 4.78 is 143. The Morgan fingerprint density at radius 2 is 1.05 bits per heavy atom. The second-order valence-corrected chi connectivity index (χ2v) is 29.3. The summed E-state index contributed by atoms with van der Waals surface area (Å²) in [7, 11) is -20.2. The van der Waals surface area contributed by atoms with Crippen molar-refractivity contribution in [3.63, 3.8) is 0 Å². The number of hydrogen-bond donors (Lipinski definition) is 5. The van der Waals surface area contributed by atoms with Crippen LogP contribution in [0.15, 0.2) is 115 Å². The van der Waals surface area contributed by atoms with Crippen LogP contribution in [-0.2, 0) is 101 Å². The molecular weight excluding hydrogens is 1190 g/mol. The van der Waals surface area contributed by atoms with Gasteiger partial charge in [-0.15, -0.1) is 10.1 Å². The van der Waals surface area contributed by atoms with Crippen LogP contribution in [-0.4, -0.2) is 104 Å². The number of amides is 4. The molecule has 0 unspecified atom stereocenters. The van der Waals surface area contributed by atoms with Crippen LogP contribution < -0.4 is 10.6 Å². The Kier molecular flexibility index (Phi) is 14.0. The van der Waals surface area contributed by atoms with Crippen molar-refractivity contribution < 1.29 is 90.3 Å². The third kappa shape index (κ3) is 10.1. The minimum Gasteiger partial charge on any atom is -0.398 e. The molecule has 0 saturated carbocycles. The molecule has 2 fully saturated rings. The van der Waals surface area contributed by atoms with Gasteiger partial charge >= 0.3 is 11.9 Å². The third-order valence-electron chi connectivity index (χ3n) is 16.9. The van der Waals surface area contributed by atoms with E-state index < -0.39 is 136 Å². The molecule has 0 aromatic heterocycles. The summed E-state index contributed by atoms with van der Waals surface area (Å²) in [5.41, 5.74) is 7.09. The van der Waals surface area contributed by atoms with Gasteiger partial charge in [0.25, 0.3) is 64.1 Å². The summed E-state index contributed by atoms with van der Waals surface area (Å²) in [5, 5.41) is 0.812. The first kappa shape index (κ1) is 60.4.